The largest absolute Gasteiger partial charge is 0.312 e. The van der Waals surface area contributed by atoms with Gasteiger partial charge in [-0.05, 0) is 54.4 Å². The SMILES string of the molecule is CCn1ccc(N=C2CCC(C)C3=C(C=N2)CCc2nn(C)c(Cc4cccc(C(C=N)C=N)c4)c23)n1. The van der Waals surface area contributed by atoms with Crippen LogP contribution >= 0.6 is 0 Å². The minimum absolute atomic E-state index is 0.289. The predicted molar refractivity (Wildman–Crippen MR) is 150 cm³/mol. The van der Waals surface area contributed by atoms with Crippen molar-refractivity contribution in [1.82, 2.24) is 19.6 Å². The number of aromatic nitrogens is 4. The summed E-state index contributed by atoms with van der Waals surface area (Å²) in [6, 6.07) is 10.2. The molecular weight excluding hydrogens is 460 g/mol. The molecule has 0 fully saturated rings. The Morgan fingerprint density at radius 3 is 2.73 bits per heavy atom. The molecule has 1 aliphatic carbocycles. The fourth-order valence-electron chi connectivity index (χ4n) is 5.41. The average Bonchev–Trinajstić information content (AvgIpc) is 3.49. The second-order valence-electron chi connectivity index (χ2n) is 9.87. The van der Waals surface area contributed by atoms with Crippen molar-refractivity contribution in [3.05, 3.63) is 70.2 Å². The van der Waals surface area contributed by atoms with Crippen molar-refractivity contribution in [3.8, 4) is 0 Å². The van der Waals surface area contributed by atoms with E-state index in [1.807, 2.05) is 47.0 Å². The van der Waals surface area contributed by atoms with Gasteiger partial charge in [-0.3, -0.25) is 9.36 Å². The average molecular weight is 495 g/mol. The zero-order valence-electron chi connectivity index (χ0n) is 21.8. The summed E-state index contributed by atoms with van der Waals surface area (Å²) in [7, 11) is 2.04. The minimum atomic E-state index is -0.289. The van der Waals surface area contributed by atoms with Gasteiger partial charge in [0, 0.05) is 62.9 Å². The number of hydrogen-bond acceptors (Lipinski definition) is 5. The number of hydrogen-bond donors (Lipinski definition) is 2. The highest BCUT2D eigenvalue weighted by Gasteiger charge is 2.30. The first-order valence-corrected chi connectivity index (χ1v) is 13.0. The molecule has 1 atom stereocenters. The molecule has 3 heterocycles. The van der Waals surface area contributed by atoms with Gasteiger partial charge in [-0.2, -0.15) is 10.2 Å². The fourth-order valence-corrected chi connectivity index (χ4v) is 5.41. The van der Waals surface area contributed by atoms with Crippen LogP contribution in [-0.2, 0) is 26.4 Å². The molecule has 8 heteroatoms. The summed E-state index contributed by atoms with van der Waals surface area (Å²) in [4.78, 5) is 9.56. The summed E-state index contributed by atoms with van der Waals surface area (Å²) < 4.78 is 3.92. The molecule has 37 heavy (non-hydrogen) atoms. The summed E-state index contributed by atoms with van der Waals surface area (Å²) >= 11 is 0. The number of aryl methyl sites for hydroxylation is 3. The van der Waals surface area contributed by atoms with Crippen molar-refractivity contribution in [2.75, 3.05) is 0 Å². The second kappa shape index (κ2) is 10.6. The second-order valence-corrected chi connectivity index (χ2v) is 9.87. The first-order valence-electron chi connectivity index (χ1n) is 13.0. The van der Waals surface area contributed by atoms with E-state index in [9.17, 15) is 0 Å². The molecule has 190 valence electrons. The van der Waals surface area contributed by atoms with Crippen molar-refractivity contribution in [1.29, 1.82) is 10.8 Å². The molecule has 5 rings (SSSR count). The van der Waals surface area contributed by atoms with Gasteiger partial charge in [0.2, 0.25) is 0 Å². The van der Waals surface area contributed by atoms with E-state index in [2.05, 4.69) is 31.1 Å². The maximum absolute atomic E-state index is 7.65. The van der Waals surface area contributed by atoms with Gasteiger partial charge in [0.1, 0.15) is 5.84 Å². The Balaban J connectivity index is 1.50. The lowest BCUT2D eigenvalue weighted by Crippen LogP contribution is -2.16. The summed E-state index contributed by atoms with van der Waals surface area (Å²) in [5.74, 6) is 1.62. The van der Waals surface area contributed by atoms with Crippen LogP contribution in [0, 0.1) is 16.7 Å². The molecule has 0 bridgehead atoms. The standard InChI is InChI=1S/C29H34N8/c1-4-37-13-12-27(35-37)33-26-11-8-19(2)28-22(18-32-26)9-10-24-29(28)25(36(3)34-24)15-20-6-5-7-21(14-20)23(16-30)17-31/h5-7,12-14,16-19,23,30-31H,4,8-11,15H2,1-3H3. The van der Waals surface area contributed by atoms with Crippen LogP contribution in [0.2, 0.25) is 0 Å². The third kappa shape index (κ3) is 5.01. The summed E-state index contributed by atoms with van der Waals surface area (Å²) in [5.41, 5.74) is 8.45. The van der Waals surface area contributed by atoms with E-state index in [-0.39, 0.29) is 5.92 Å². The van der Waals surface area contributed by atoms with E-state index < -0.39 is 0 Å². The monoisotopic (exact) mass is 494 g/mol. The topological polar surface area (TPSA) is 108 Å². The molecule has 0 saturated heterocycles. The molecule has 0 radical (unpaired) electrons. The van der Waals surface area contributed by atoms with Crippen LogP contribution in [0.25, 0.3) is 5.57 Å². The molecule has 2 aromatic heterocycles. The number of fused-ring (bicyclic) bond motifs is 2. The lowest BCUT2D eigenvalue weighted by Gasteiger charge is -2.26. The molecule has 3 aromatic rings. The van der Waals surface area contributed by atoms with E-state index in [0.717, 1.165) is 55.6 Å². The highest BCUT2D eigenvalue weighted by atomic mass is 15.3. The molecular formula is C29H34N8. The highest BCUT2D eigenvalue weighted by Crippen LogP contribution is 2.40. The van der Waals surface area contributed by atoms with Crippen LogP contribution in [0.4, 0.5) is 5.82 Å². The van der Waals surface area contributed by atoms with Gasteiger partial charge in [-0.1, -0.05) is 31.2 Å². The zero-order chi connectivity index (χ0) is 25.9. The lowest BCUT2D eigenvalue weighted by atomic mass is 9.79. The Morgan fingerprint density at radius 2 is 1.97 bits per heavy atom. The van der Waals surface area contributed by atoms with Crippen LogP contribution in [0.5, 0.6) is 0 Å². The van der Waals surface area contributed by atoms with Gasteiger partial charge < -0.3 is 10.8 Å². The quantitative estimate of drug-likeness (QED) is 0.421. The Kier molecular flexibility index (Phi) is 7.08. The molecule has 8 nitrogen and oxygen atoms in total. The number of amidine groups is 1. The maximum atomic E-state index is 7.65. The Morgan fingerprint density at radius 1 is 1.14 bits per heavy atom. The summed E-state index contributed by atoms with van der Waals surface area (Å²) in [5, 5.41) is 24.7. The van der Waals surface area contributed by atoms with Crippen LogP contribution < -0.4 is 0 Å². The molecule has 2 N–H and O–H groups in total. The van der Waals surface area contributed by atoms with Crippen molar-refractivity contribution < 1.29 is 0 Å². The first kappa shape index (κ1) is 24.7. The third-order valence-corrected chi connectivity index (χ3v) is 7.41. The zero-order valence-corrected chi connectivity index (χ0v) is 21.8. The molecule has 1 unspecified atom stereocenters. The van der Waals surface area contributed by atoms with Gasteiger partial charge in [0.05, 0.1) is 17.3 Å². The number of aliphatic imine (C=N–C) groups is 2. The predicted octanol–water partition coefficient (Wildman–Crippen LogP) is 5.54. The normalized spacial score (nSPS) is 19.2. The van der Waals surface area contributed by atoms with Crippen LogP contribution in [-0.4, -0.2) is 44.0 Å². The smallest absolute Gasteiger partial charge is 0.175 e. The molecule has 1 aromatic carbocycles. The Labute approximate surface area is 217 Å². The van der Waals surface area contributed by atoms with E-state index in [4.69, 9.17) is 25.9 Å². The van der Waals surface area contributed by atoms with Gasteiger partial charge in [0.15, 0.2) is 5.82 Å². The summed E-state index contributed by atoms with van der Waals surface area (Å²) in [6.07, 6.45) is 11.0. The van der Waals surface area contributed by atoms with E-state index in [0.29, 0.717) is 11.7 Å². The Bertz CT molecular complexity index is 1410. The van der Waals surface area contributed by atoms with E-state index in [1.165, 1.54) is 40.5 Å². The summed E-state index contributed by atoms with van der Waals surface area (Å²) in [6.45, 7) is 5.20. The van der Waals surface area contributed by atoms with E-state index >= 15 is 0 Å². The number of allylic oxidation sites excluding steroid dienone is 2. The highest BCUT2D eigenvalue weighted by molar-refractivity contribution is 6.01. The molecule has 1 aliphatic heterocycles. The van der Waals surface area contributed by atoms with Gasteiger partial charge in [-0.25, -0.2) is 9.98 Å². The lowest BCUT2D eigenvalue weighted by molar-refractivity contribution is 0.659. The number of nitrogens with one attached hydrogen (secondary N) is 2. The van der Waals surface area contributed by atoms with Crippen molar-refractivity contribution >= 4 is 35.9 Å². The van der Waals surface area contributed by atoms with Gasteiger partial charge >= 0.3 is 0 Å². The minimum Gasteiger partial charge on any atom is -0.312 e. The molecule has 0 spiro atoms. The fraction of sp³-hybridized carbons (Fsp3) is 0.379. The van der Waals surface area contributed by atoms with Crippen molar-refractivity contribution in [2.45, 2.75) is 58.4 Å². The van der Waals surface area contributed by atoms with Gasteiger partial charge in [0.25, 0.3) is 0 Å². The van der Waals surface area contributed by atoms with Crippen molar-refractivity contribution in [2.24, 2.45) is 23.0 Å². The van der Waals surface area contributed by atoms with Crippen LogP contribution in [0.15, 0.2) is 52.1 Å². The number of nitrogens with zero attached hydrogens (tertiary/aromatic N) is 6. The molecule has 0 amide bonds. The third-order valence-electron chi connectivity index (χ3n) is 7.41. The van der Waals surface area contributed by atoms with Crippen LogP contribution in [0.3, 0.4) is 0 Å². The number of benzene rings is 1. The molecule has 2 aliphatic rings. The number of rotatable bonds is 7. The van der Waals surface area contributed by atoms with Crippen LogP contribution in [0.1, 0.15) is 67.1 Å². The first-order chi connectivity index (χ1) is 18.0. The van der Waals surface area contributed by atoms with Crippen molar-refractivity contribution in [3.63, 3.8) is 0 Å². The van der Waals surface area contributed by atoms with E-state index in [1.54, 1.807) is 0 Å². The molecule has 0 saturated carbocycles. The maximum Gasteiger partial charge on any atom is 0.175 e. The Hall–Kier alpha value is -3.94. The van der Waals surface area contributed by atoms with Gasteiger partial charge in [-0.15, -0.1) is 0 Å².